The van der Waals surface area contributed by atoms with E-state index in [4.69, 9.17) is 4.74 Å². The van der Waals surface area contributed by atoms with Crippen molar-refractivity contribution in [1.29, 1.82) is 0 Å². The Bertz CT molecular complexity index is 590. The van der Waals surface area contributed by atoms with Crippen molar-refractivity contribution in [3.8, 4) is 0 Å². The largest absolute Gasteiger partial charge is 0.381 e. The molecule has 164 valence electrons. The molecule has 2 N–H and O–H groups in total. The molecule has 0 radical (unpaired) electrons. The second-order valence-electron chi connectivity index (χ2n) is 7.74. The predicted octanol–water partition coefficient (Wildman–Crippen LogP) is 2.20. The number of benzene rings is 1. The summed E-state index contributed by atoms with van der Waals surface area (Å²) in [6, 6.07) is 10.3. The Morgan fingerprint density at radius 1 is 1.07 bits per heavy atom. The van der Waals surface area contributed by atoms with Crippen molar-refractivity contribution >= 4 is 17.6 Å². The molecule has 1 aromatic rings. The summed E-state index contributed by atoms with van der Waals surface area (Å²) in [6.45, 7) is 8.39. The Kier molecular flexibility index (Phi) is 12.5. The molecule has 0 bridgehead atoms. The van der Waals surface area contributed by atoms with Gasteiger partial charge < -0.3 is 25.2 Å². The molecule has 1 rings (SSSR count). The number of guanidine groups is 1. The number of aliphatic imine (C=N–C) groups is 1. The second-order valence-corrected chi connectivity index (χ2v) is 7.74. The summed E-state index contributed by atoms with van der Waals surface area (Å²) in [6.07, 6.45) is 1.86. The van der Waals surface area contributed by atoms with Gasteiger partial charge in [0.25, 0.3) is 0 Å². The van der Waals surface area contributed by atoms with Gasteiger partial charge in [-0.05, 0) is 30.9 Å². The van der Waals surface area contributed by atoms with E-state index in [1.165, 1.54) is 5.69 Å². The number of rotatable bonds is 13. The molecule has 0 spiro atoms. The Morgan fingerprint density at radius 3 is 2.34 bits per heavy atom. The van der Waals surface area contributed by atoms with Gasteiger partial charge in [-0.3, -0.25) is 4.79 Å². The van der Waals surface area contributed by atoms with Gasteiger partial charge in [-0.1, -0.05) is 32.0 Å². The minimum atomic E-state index is -0.0184. The lowest BCUT2D eigenvalue weighted by atomic mass is 10.2. The van der Waals surface area contributed by atoms with Crippen LogP contribution in [0.25, 0.3) is 0 Å². The molecular weight excluding hydrogens is 366 g/mol. The minimum Gasteiger partial charge on any atom is -0.381 e. The third-order valence-corrected chi connectivity index (χ3v) is 4.24. The quantitative estimate of drug-likeness (QED) is 0.299. The molecule has 7 heteroatoms. The van der Waals surface area contributed by atoms with Crippen LogP contribution in [0.3, 0.4) is 0 Å². The van der Waals surface area contributed by atoms with Crippen molar-refractivity contribution in [2.45, 2.75) is 26.7 Å². The van der Waals surface area contributed by atoms with E-state index in [1.54, 1.807) is 19.0 Å². The van der Waals surface area contributed by atoms with Gasteiger partial charge >= 0.3 is 0 Å². The summed E-state index contributed by atoms with van der Waals surface area (Å²) in [5.41, 5.74) is 1.21. The number of hydrogen-bond acceptors (Lipinski definition) is 4. The zero-order valence-electron chi connectivity index (χ0n) is 18.8. The van der Waals surface area contributed by atoms with Crippen LogP contribution in [0, 0.1) is 5.92 Å². The standard InChI is InChI=1S/C22H39N5O2/c1-19(2)18-29-16-10-14-24-22(25-17-21(28)26(3)4)23-13-9-15-27(5)20-11-7-6-8-12-20/h6-8,11-12,19H,9-10,13-18H2,1-5H3,(H2,23,24,25). The highest BCUT2D eigenvalue weighted by Gasteiger charge is 2.05. The molecule has 0 unspecified atom stereocenters. The van der Waals surface area contributed by atoms with Gasteiger partial charge in [0.1, 0.15) is 6.54 Å². The topological polar surface area (TPSA) is 69.2 Å². The minimum absolute atomic E-state index is 0.0184. The Balaban J connectivity index is 2.38. The average Bonchev–Trinajstić information content (AvgIpc) is 2.70. The molecule has 0 fully saturated rings. The van der Waals surface area contributed by atoms with Crippen molar-refractivity contribution in [1.82, 2.24) is 15.5 Å². The highest BCUT2D eigenvalue weighted by molar-refractivity contribution is 5.84. The van der Waals surface area contributed by atoms with Crippen molar-refractivity contribution in [3.63, 3.8) is 0 Å². The number of carbonyl (C=O) groups is 1. The van der Waals surface area contributed by atoms with Crippen LogP contribution in [0.4, 0.5) is 5.69 Å². The first-order valence-corrected chi connectivity index (χ1v) is 10.5. The number of nitrogens with zero attached hydrogens (tertiary/aromatic N) is 3. The fraction of sp³-hybridized carbons (Fsp3) is 0.636. The number of likely N-dealkylation sites (N-methyl/N-ethyl adjacent to an activating group) is 1. The van der Waals surface area contributed by atoms with E-state index in [1.807, 2.05) is 18.2 Å². The normalized spacial score (nSPS) is 11.4. The summed E-state index contributed by atoms with van der Waals surface area (Å²) in [5, 5.41) is 6.63. The van der Waals surface area contributed by atoms with Crippen LogP contribution in [-0.2, 0) is 9.53 Å². The average molecular weight is 406 g/mol. The van der Waals surface area contributed by atoms with Crippen LogP contribution in [0.2, 0.25) is 0 Å². The molecule has 1 amide bonds. The van der Waals surface area contributed by atoms with Gasteiger partial charge in [0.05, 0.1) is 0 Å². The Morgan fingerprint density at radius 2 is 1.72 bits per heavy atom. The van der Waals surface area contributed by atoms with Gasteiger partial charge in [0.15, 0.2) is 5.96 Å². The number of nitrogens with one attached hydrogen (secondary N) is 2. The van der Waals surface area contributed by atoms with Gasteiger partial charge in [-0.15, -0.1) is 0 Å². The zero-order valence-corrected chi connectivity index (χ0v) is 18.8. The fourth-order valence-electron chi connectivity index (χ4n) is 2.50. The molecule has 29 heavy (non-hydrogen) atoms. The lowest BCUT2D eigenvalue weighted by molar-refractivity contribution is -0.127. The summed E-state index contributed by atoms with van der Waals surface area (Å²) in [7, 11) is 5.57. The highest BCUT2D eigenvalue weighted by atomic mass is 16.5. The van der Waals surface area contributed by atoms with E-state index in [2.05, 4.69) is 53.6 Å². The second kappa shape index (κ2) is 14.7. The van der Waals surface area contributed by atoms with Gasteiger partial charge in [0, 0.05) is 59.7 Å². The molecule has 0 heterocycles. The zero-order chi connectivity index (χ0) is 21.5. The SMILES string of the molecule is CC(C)COCCCNC(=NCC(=O)N(C)C)NCCCN(C)c1ccccc1. The molecular formula is C22H39N5O2. The van der Waals surface area contributed by atoms with Crippen LogP contribution >= 0.6 is 0 Å². The van der Waals surface area contributed by atoms with Crippen LogP contribution in [0.15, 0.2) is 35.3 Å². The van der Waals surface area contributed by atoms with E-state index in [-0.39, 0.29) is 12.5 Å². The molecule has 0 saturated carbocycles. The van der Waals surface area contributed by atoms with E-state index in [0.29, 0.717) is 11.9 Å². The van der Waals surface area contributed by atoms with Crippen molar-refractivity contribution in [2.75, 3.05) is 65.4 Å². The molecule has 0 atom stereocenters. The van der Waals surface area contributed by atoms with E-state index < -0.39 is 0 Å². The smallest absolute Gasteiger partial charge is 0.243 e. The first kappa shape index (κ1) is 24.8. The maximum absolute atomic E-state index is 11.8. The van der Waals surface area contributed by atoms with Gasteiger partial charge in [-0.2, -0.15) is 0 Å². The number of anilines is 1. The van der Waals surface area contributed by atoms with E-state index in [9.17, 15) is 4.79 Å². The highest BCUT2D eigenvalue weighted by Crippen LogP contribution is 2.10. The third kappa shape index (κ3) is 12.0. The molecule has 0 aromatic heterocycles. The lowest BCUT2D eigenvalue weighted by Gasteiger charge is -2.20. The number of carbonyl (C=O) groups excluding carboxylic acids is 1. The van der Waals surface area contributed by atoms with Crippen molar-refractivity contribution in [3.05, 3.63) is 30.3 Å². The fourth-order valence-corrected chi connectivity index (χ4v) is 2.50. The van der Waals surface area contributed by atoms with Gasteiger partial charge in [-0.25, -0.2) is 4.99 Å². The molecule has 0 saturated heterocycles. The molecule has 0 aliphatic rings. The molecule has 1 aromatic carbocycles. The summed E-state index contributed by atoms with van der Waals surface area (Å²) >= 11 is 0. The Hall–Kier alpha value is -2.28. The van der Waals surface area contributed by atoms with Crippen LogP contribution in [0.5, 0.6) is 0 Å². The van der Waals surface area contributed by atoms with Crippen LogP contribution in [0.1, 0.15) is 26.7 Å². The number of amides is 1. The first-order chi connectivity index (χ1) is 13.9. The third-order valence-electron chi connectivity index (χ3n) is 4.24. The number of hydrogen-bond donors (Lipinski definition) is 2. The first-order valence-electron chi connectivity index (χ1n) is 10.5. The maximum atomic E-state index is 11.8. The number of para-hydroxylation sites is 1. The van der Waals surface area contributed by atoms with E-state index >= 15 is 0 Å². The summed E-state index contributed by atoms with van der Waals surface area (Å²) in [5.74, 6) is 1.20. The number of ether oxygens (including phenoxy) is 1. The van der Waals surface area contributed by atoms with Crippen molar-refractivity contribution < 1.29 is 9.53 Å². The van der Waals surface area contributed by atoms with E-state index in [0.717, 1.165) is 45.7 Å². The summed E-state index contributed by atoms with van der Waals surface area (Å²) in [4.78, 5) is 20.0. The summed E-state index contributed by atoms with van der Waals surface area (Å²) < 4.78 is 5.61. The van der Waals surface area contributed by atoms with Gasteiger partial charge in [0.2, 0.25) is 5.91 Å². The van der Waals surface area contributed by atoms with Crippen LogP contribution < -0.4 is 15.5 Å². The Labute approximate surface area is 176 Å². The molecule has 0 aliphatic carbocycles. The monoisotopic (exact) mass is 405 g/mol. The molecule has 0 aliphatic heterocycles. The molecule has 7 nitrogen and oxygen atoms in total. The predicted molar refractivity (Wildman–Crippen MR) is 122 cm³/mol. The maximum Gasteiger partial charge on any atom is 0.243 e. The van der Waals surface area contributed by atoms with Crippen molar-refractivity contribution in [2.24, 2.45) is 10.9 Å². The van der Waals surface area contributed by atoms with Crippen LogP contribution in [-0.4, -0.2) is 77.3 Å². The lowest BCUT2D eigenvalue weighted by Crippen LogP contribution is -2.40.